The molecule has 0 bridgehead atoms. The minimum Gasteiger partial charge on any atom is -0.310 e. The molecule has 1 N–H and O–H groups in total. The molecule has 0 radical (unpaired) electrons. The third-order valence-corrected chi connectivity index (χ3v) is 3.41. The Morgan fingerprint density at radius 1 is 1.47 bits per heavy atom. The van der Waals surface area contributed by atoms with Gasteiger partial charge in [0.2, 0.25) is 0 Å². The molecule has 0 saturated heterocycles. The average Bonchev–Trinajstić information content (AvgIpc) is 2.32. The first-order chi connectivity index (χ1) is 8.10. The Labute approximate surface area is 111 Å². The molecule has 1 rings (SSSR count). The summed E-state index contributed by atoms with van der Waals surface area (Å²) in [6.45, 7) is 8.91. The van der Waals surface area contributed by atoms with Gasteiger partial charge in [0.25, 0.3) is 0 Å². The third kappa shape index (κ3) is 3.93. The van der Waals surface area contributed by atoms with Gasteiger partial charge in [0.15, 0.2) is 0 Å². The van der Waals surface area contributed by atoms with Gasteiger partial charge in [-0.05, 0) is 41.4 Å². The lowest BCUT2D eigenvalue weighted by atomic mass is 9.98. The molecule has 0 spiro atoms. The van der Waals surface area contributed by atoms with Gasteiger partial charge in [-0.3, -0.25) is 0 Å². The molecule has 3 heteroatoms. The van der Waals surface area contributed by atoms with Gasteiger partial charge in [-0.15, -0.1) is 0 Å². The van der Waals surface area contributed by atoms with E-state index in [2.05, 4.69) is 34.7 Å². The third-order valence-electron chi connectivity index (χ3n) is 2.80. The van der Waals surface area contributed by atoms with Crippen molar-refractivity contribution in [2.45, 2.75) is 32.7 Å². The van der Waals surface area contributed by atoms with Crippen LogP contribution in [0.5, 0.6) is 0 Å². The molecule has 0 amide bonds. The lowest BCUT2D eigenvalue weighted by Crippen LogP contribution is -2.22. The lowest BCUT2D eigenvalue weighted by Gasteiger charge is -2.20. The number of rotatable bonds is 6. The number of nitrogens with one attached hydrogen (secondary N) is 1. The van der Waals surface area contributed by atoms with E-state index in [1.165, 1.54) is 0 Å². The summed E-state index contributed by atoms with van der Waals surface area (Å²) in [6.07, 6.45) is 1.70. The van der Waals surface area contributed by atoms with Gasteiger partial charge >= 0.3 is 0 Å². The largest absolute Gasteiger partial charge is 0.310 e. The Balaban J connectivity index is 2.96. The molecule has 0 heterocycles. The summed E-state index contributed by atoms with van der Waals surface area (Å²) in [5, 5.41) is 3.31. The second-order valence-corrected chi connectivity index (χ2v) is 4.92. The molecule has 1 aromatic carbocycles. The number of benzene rings is 1. The van der Waals surface area contributed by atoms with E-state index in [0.717, 1.165) is 25.0 Å². The fraction of sp³-hybridized carbons (Fsp3) is 0.429. The van der Waals surface area contributed by atoms with Crippen LogP contribution >= 0.6 is 15.9 Å². The molecule has 0 fully saturated rings. The predicted molar refractivity (Wildman–Crippen MR) is 74.6 cm³/mol. The van der Waals surface area contributed by atoms with Gasteiger partial charge in [-0.2, -0.15) is 0 Å². The first-order valence-electron chi connectivity index (χ1n) is 5.94. The van der Waals surface area contributed by atoms with E-state index in [4.69, 9.17) is 0 Å². The summed E-state index contributed by atoms with van der Waals surface area (Å²) in [7, 11) is 0. The smallest absolute Gasteiger partial charge is 0.142 e. The van der Waals surface area contributed by atoms with Crippen LogP contribution in [0.1, 0.15) is 38.3 Å². The molecule has 1 atom stereocenters. The van der Waals surface area contributed by atoms with Gasteiger partial charge in [0, 0.05) is 11.6 Å². The average molecular weight is 300 g/mol. The highest BCUT2D eigenvalue weighted by molar-refractivity contribution is 9.10. The molecule has 0 aromatic heterocycles. The van der Waals surface area contributed by atoms with Crippen LogP contribution in [0.15, 0.2) is 34.8 Å². The van der Waals surface area contributed by atoms with Crippen molar-refractivity contribution >= 4 is 15.9 Å². The summed E-state index contributed by atoms with van der Waals surface area (Å²) in [6, 6.07) is 5.42. The maximum Gasteiger partial charge on any atom is 0.142 e. The van der Waals surface area contributed by atoms with E-state index in [-0.39, 0.29) is 11.9 Å². The van der Waals surface area contributed by atoms with Crippen LogP contribution in [-0.4, -0.2) is 6.54 Å². The molecular formula is C14H19BrFN. The Kier molecular flexibility index (Phi) is 5.86. The summed E-state index contributed by atoms with van der Waals surface area (Å²) in [5.74, 6) is -0.178. The number of halogens is 2. The van der Waals surface area contributed by atoms with Crippen molar-refractivity contribution in [2.75, 3.05) is 6.54 Å². The minimum atomic E-state index is -0.178. The maximum absolute atomic E-state index is 14.0. The van der Waals surface area contributed by atoms with Crippen molar-refractivity contribution in [3.63, 3.8) is 0 Å². The van der Waals surface area contributed by atoms with E-state index < -0.39 is 0 Å². The van der Waals surface area contributed by atoms with Crippen LogP contribution in [0.25, 0.3) is 0 Å². The normalized spacial score (nSPS) is 12.5. The van der Waals surface area contributed by atoms with Gasteiger partial charge in [-0.1, -0.05) is 38.1 Å². The summed E-state index contributed by atoms with van der Waals surface area (Å²) >= 11 is 3.22. The quantitative estimate of drug-likeness (QED) is 0.757. The highest BCUT2D eigenvalue weighted by Gasteiger charge is 2.16. The summed E-state index contributed by atoms with van der Waals surface area (Å²) < 4.78 is 14.5. The second-order valence-electron chi connectivity index (χ2n) is 4.06. The molecule has 0 aliphatic heterocycles. The van der Waals surface area contributed by atoms with Crippen molar-refractivity contribution < 1.29 is 4.39 Å². The minimum absolute atomic E-state index is 0.00458. The van der Waals surface area contributed by atoms with E-state index in [1.807, 2.05) is 19.1 Å². The van der Waals surface area contributed by atoms with Gasteiger partial charge in [0.1, 0.15) is 5.82 Å². The molecule has 0 saturated carbocycles. The molecule has 1 aromatic rings. The van der Waals surface area contributed by atoms with Gasteiger partial charge < -0.3 is 5.32 Å². The van der Waals surface area contributed by atoms with Crippen LogP contribution in [0.4, 0.5) is 4.39 Å². The Bertz CT molecular complexity index is 390. The topological polar surface area (TPSA) is 12.0 Å². The number of hydrogen-bond donors (Lipinski definition) is 1. The molecule has 94 valence electrons. The SMILES string of the molecule is C=C(CC)CC(NCC)c1cccc(Br)c1F. The van der Waals surface area contributed by atoms with Crippen molar-refractivity contribution in [3.8, 4) is 0 Å². The molecule has 0 aliphatic carbocycles. The standard InChI is InChI=1S/C14H19BrFN/c1-4-10(3)9-13(17-5-2)11-7-6-8-12(15)14(11)16/h6-8,13,17H,3-5,9H2,1-2H3. The van der Waals surface area contributed by atoms with E-state index in [1.54, 1.807) is 6.07 Å². The first-order valence-corrected chi connectivity index (χ1v) is 6.73. The number of hydrogen-bond acceptors (Lipinski definition) is 1. The van der Waals surface area contributed by atoms with Gasteiger partial charge in [-0.25, -0.2) is 4.39 Å². The summed E-state index contributed by atoms with van der Waals surface area (Å²) in [5.41, 5.74) is 1.84. The fourth-order valence-corrected chi connectivity index (χ4v) is 2.14. The Morgan fingerprint density at radius 2 is 2.18 bits per heavy atom. The molecule has 1 unspecified atom stereocenters. The zero-order valence-electron chi connectivity index (χ0n) is 10.4. The fourth-order valence-electron chi connectivity index (χ4n) is 1.76. The van der Waals surface area contributed by atoms with Crippen LogP contribution in [0.3, 0.4) is 0 Å². The molecular weight excluding hydrogens is 281 g/mol. The molecule has 17 heavy (non-hydrogen) atoms. The van der Waals surface area contributed by atoms with E-state index in [0.29, 0.717) is 10.0 Å². The van der Waals surface area contributed by atoms with Crippen LogP contribution in [-0.2, 0) is 0 Å². The summed E-state index contributed by atoms with van der Waals surface area (Å²) in [4.78, 5) is 0. The Morgan fingerprint density at radius 3 is 2.76 bits per heavy atom. The van der Waals surface area contributed by atoms with Crippen molar-refractivity contribution in [2.24, 2.45) is 0 Å². The second kappa shape index (κ2) is 6.92. The van der Waals surface area contributed by atoms with Crippen molar-refractivity contribution in [1.29, 1.82) is 0 Å². The van der Waals surface area contributed by atoms with Gasteiger partial charge in [0.05, 0.1) is 4.47 Å². The van der Waals surface area contributed by atoms with Crippen molar-refractivity contribution in [1.82, 2.24) is 5.32 Å². The first kappa shape index (κ1) is 14.4. The Hall–Kier alpha value is -0.670. The highest BCUT2D eigenvalue weighted by atomic mass is 79.9. The molecule has 1 nitrogen and oxygen atoms in total. The van der Waals surface area contributed by atoms with Crippen LogP contribution < -0.4 is 5.32 Å². The van der Waals surface area contributed by atoms with E-state index in [9.17, 15) is 4.39 Å². The van der Waals surface area contributed by atoms with E-state index >= 15 is 0 Å². The zero-order valence-corrected chi connectivity index (χ0v) is 12.0. The molecule has 0 aliphatic rings. The van der Waals surface area contributed by atoms with Crippen LogP contribution in [0, 0.1) is 5.82 Å². The zero-order chi connectivity index (χ0) is 12.8. The predicted octanol–water partition coefficient (Wildman–Crippen LogP) is 4.60. The van der Waals surface area contributed by atoms with Crippen molar-refractivity contribution in [3.05, 3.63) is 46.2 Å². The van der Waals surface area contributed by atoms with Crippen LogP contribution in [0.2, 0.25) is 0 Å². The lowest BCUT2D eigenvalue weighted by molar-refractivity contribution is 0.503. The highest BCUT2D eigenvalue weighted by Crippen LogP contribution is 2.28. The maximum atomic E-state index is 14.0. The monoisotopic (exact) mass is 299 g/mol.